The fraction of sp³-hybridized carbons (Fsp3) is 0.636. The number of nitrogens with one attached hydrogen (secondary N) is 1. The van der Waals surface area contributed by atoms with E-state index in [0.717, 1.165) is 19.4 Å². The molecule has 0 atom stereocenters. The molecule has 0 saturated heterocycles. The van der Waals surface area contributed by atoms with Crippen LogP contribution in [0.3, 0.4) is 0 Å². The maximum atomic E-state index is 12.9. The lowest BCUT2D eigenvalue weighted by molar-refractivity contribution is 0.212. The van der Waals surface area contributed by atoms with Crippen molar-refractivity contribution in [1.82, 2.24) is 9.97 Å². The SMILES string of the molecule is FC1CCC(CNc2ncccn2)CC1. The Morgan fingerprint density at radius 2 is 1.87 bits per heavy atom. The summed E-state index contributed by atoms with van der Waals surface area (Å²) in [4.78, 5) is 8.16. The molecule has 82 valence electrons. The Morgan fingerprint density at radius 3 is 2.53 bits per heavy atom. The van der Waals surface area contributed by atoms with E-state index < -0.39 is 6.17 Å². The molecule has 1 fully saturated rings. The van der Waals surface area contributed by atoms with Crippen molar-refractivity contribution in [3.63, 3.8) is 0 Å². The summed E-state index contributed by atoms with van der Waals surface area (Å²) in [5, 5.41) is 3.18. The number of alkyl halides is 1. The molecule has 15 heavy (non-hydrogen) atoms. The van der Waals surface area contributed by atoms with Gasteiger partial charge in [-0.05, 0) is 37.7 Å². The summed E-state index contributed by atoms with van der Waals surface area (Å²) in [6.45, 7) is 0.858. The molecule has 1 aromatic heterocycles. The van der Waals surface area contributed by atoms with E-state index in [9.17, 15) is 4.39 Å². The lowest BCUT2D eigenvalue weighted by Crippen LogP contribution is -2.22. The van der Waals surface area contributed by atoms with Crippen molar-refractivity contribution in [2.45, 2.75) is 31.9 Å². The molecule has 4 heteroatoms. The summed E-state index contributed by atoms with van der Waals surface area (Å²) in [5.74, 6) is 1.24. The zero-order chi connectivity index (χ0) is 10.5. The molecule has 0 unspecified atom stereocenters. The Bertz CT molecular complexity index is 283. The highest BCUT2D eigenvalue weighted by atomic mass is 19.1. The maximum Gasteiger partial charge on any atom is 0.222 e. The fourth-order valence-corrected chi connectivity index (χ4v) is 1.95. The molecule has 0 aliphatic heterocycles. The molecule has 0 amide bonds. The molecular formula is C11H16FN3. The predicted molar refractivity (Wildman–Crippen MR) is 57.4 cm³/mol. The second-order valence-electron chi connectivity index (χ2n) is 4.07. The number of nitrogens with zero attached hydrogens (tertiary/aromatic N) is 2. The summed E-state index contributed by atoms with van der Waals surface area (Å²) in [6.07, 6.45) is 6.22. The number of aromatic nitrogens is 2. The first-order valence-electron chi connectivity index (χ1n) is 5.49. The van der Waals surface area contributed by atoms with Crippen molar-refractivity contribution in [3.05, 3.63) is 18.5 Å². The van der Waals surface area contributed by atoms with E-state index in [-0.39, 0.29) is 0 Å². The average molecular weight is 209 g/mol. The first-order valence-corrected chi connectivity index (χ1v) is 5.49. The monoisotopic (exact) mass is 209 g/mol. The van der Waals surface area contributed by atoms with Gasteiger partial charge in [0.1, 0.15) is 6.17 Å². The van der Waals surface area contributed by atoms with Crippen LogP contribution < -0.4 is 5.32 Å². The largest absolute Gasteiger partial charge is 0.354 e. The number of hydrogen-bond acceptors (Lipinski definition) is 3. The minimum Gasteiger partial charge on any atom is -0.354 e. The second-order valence-corrected chi connectivity index (χ2v) is 4.07. The third-order valence-electron chi connectivity index (χ3n) is 2.89. The van der Waals surface area contributed by atoms with E-state index in [1.165, 1.54) is 0 Å². The van der Waals surface area contributed by atoms with Crippen molar-refractivity contribution >= 4 is 5.95 Å². The van der Waals surface area contributed by atoms with Crippen molar-refractivity contribution in [1.29, 1.82) is 0 Å². The van der Waals surface area contributed by atoms with Crippen LogP contribution in [-0.4, -0.2) is 22.7 Å². The summed E-state index contributed by atoms with van der Waals surface area (Å²) in [5.41, 5.74) is 0. The number of halogens is 1. The zero-order valence-electron chi connectivity index (χ0n) is 8.69. The molecule has 1 aliphatic carbocycles. The van der Waals surface area contributed by atoms with Gasteiger partial charge in [0.05, 0.1) is 0 Å². The van der Waals surface area contributed by atoms with Gasteiger partial charge < -0.3 is 5.32 Å². The highest BCUT2D eigenvalue weighted by Crippen LogP contribution is 2.25. The van der Waals surface area contributed by atoms with Crippen molar-refractivity contribution in [2.24, 2.45) is 5.92 Å². The topological polar surface area (TPSA) is 37.8 Å². The van der Waals surface area contributed by atoms with Crippen LogP contribution in [0.25, 0.3) is 0 Å². The molecule has 1 heterocycles. The summed E-state index contributed by atoms with van der Waals surface area (Å²) in [6, 6.07) is 1.79. The molecule has 1 aromatic rings. The van der Waals surface area contributed by atoms with Crippen molar-refractivity contribution < 1.29 is 4.39 Å². The van der Waals surface area contributed by atoms with Crippen molar-refractivity contribution in [3.8, 4) is 0 Å². The molecule has 0 aromatic carbocycles. The van der Waals surface area contributed by atoms with E-state index in [4.69, 9.17) is 0 Å². The average Bonchev–Trinajstić information content (AvgIpc) is 2.30. The lowest BCUT2D eigenvalue weighted by Gasteiger charge is -2.24. The van der Waals surface area contributed by atoms with Gasteiger partial charge in [-0.15, -0.1) is 0 Å². The lowest BCUT2D eigenvalue weighted by atomic mass is 9.88. The van der Waals surface area contributed by atoms with Gasteiger partial charge in [-0.2, -0.15) is 0 Å². The predicted octanol–water partition coefficient (Wildman–Crippen LogP) is 2.42. The Kier molecular flexibility index (Phi) is 3.48. The summed E-state index contributed by atoms with van der Waals surface area (Å²) in [7, 11) is 0. The normalized spacial score (nSPS) is 26.2. The summed E-state index contributed by atoms with van der Waals surface area (Å²) < 4.78 is 12.9. The van der Waals surface area contributed by atoms with Crippen LogP contribution in [0.4, 0.5) is 10.3 Å². The van der Waals surface area contributed by atoms with Crippen LogP contribution in [0.5, 0.6) is 0 Å². The van der Waals surface area contributed by atoms with Gasteiger partial charge in [0, 0.05) is 18.9 Å². The van der Waals surface area contributed by atoms with Gasteiger partial charge in [-0.3, -0.25) is 0 Å². The number of anilines is 1. The van der Waals surface area contributed by atoms with E-state index in [1.54, 1.807) is 18.5 Å². The van der Waals surface area contributed by atoms with Gasteiger partial charge in [-0.1, -0.05) is 0 Å². The van der Waals surface area contributed by atoms with E-state index in [1.807, 2.05) is 0 Å². The Labute approximate surface area is 89.1 Å². The van der Waals surface area contributed by atoms with E-state index in [2.05, 4.69) is 15.3 Å². The number of hydrogen-bond donors (Lipinski definition) is 1. The summed E-state index contributed by atoms with van der Waals surface area (Å²) >= 11 is 0. The van der Waals surface area contributed by atoms with Gasteiger partial charge in [0.25, 0.3) is 0 Å². The first-order chi connectivity index (χ1) is 7.34. The highest BCUT2D eigenvalue weighted by molar-refractivity contribution is 5.21. The molecule has 3 nitrogen and oxygen atoms in total. The molecule has 1 aliphatic rings. The third kappa shape index (κ3) is 3.15. The quantitative estimate of drug-likeness (QED) is 0.830. The van der Waals surface area contributed by atoms with Crippen LogP contribution in [0.2, 0.25) is 0 Å². The number of rotatable bonds is 3. The van der Waals surface area contributed by atoms with Gasteiger partial charge in [0.15, 0.2) is 0 Å². The smallest absolute Gasteiger partial charge is 0.222 e. The minimum absolute atomic E-state index is 0.570. The Balaban J connectivity index is 1.74. The highest BCUT2D eigenvalue weighted by Gasteiger charge is 2.20. The van der Waals surface area contributed by atoms with Crippen LogP contribution in [0.15, 0.2) is 18.5 Å². The van der Waals surface area contributed by atoms with Gasteiger partial charge in [-0.25, -0.2) is 14.4 Å². The molecule has 0 bridgehead atoms. The molecule has 0 spiro atoms. The van der Waals surface area contributed by atoms with Crippen LogP contribution >= 0.6 is 0 Å². The minimum atomic E-state index is -0.575. The standard InChI is InChI=1S/C11H16FN3/c12-10-4-2-9(3-5-10)8-15-11-13-6-1-7-14-11/h1,6-7,9-10H,2-5,8H2,(H,13,14,15). The third-order valence-corrected chi connectivity index (χ3v) is 2.89. The fourth-order valence-electron chi connectivity index (χ4n) is 1.95. The van der Waals surface area contributed by atoms with Gasteiger partial charge >= 0.3 is 0 Å². The second kappa shape index (κ2) is 5.05. The van der Waals surface area contributed by atoms with Crippen LogP contribution in [0, 0.1) is 5.92 Å². The van der Waals surface area contributed by atoms with Crippen LogP contribution in [-0.2, 0) is 0 Å². The Morgan fingerprint density at radius 1 is 1.20 bits per heavy atom. The maximum absolute atomic E-state index is 12.9. The molecule has 2 rings (SSSR count). The molecule has 0 radical (unpaired) electrons. The first kappa shape index (κ1) is 10.3. The molecule has 1 saturated carbocycles. The van der Waals surface area contributed by atoms with Crippen molar-refractivity contribution in [2.75, 3.05) is 11.9 Å². The molecule has 1 N–H and O–H groups in total. The van der Waals surface area contributed by atoms with Crippen LogP contribution in [0.1, 0.15) is 25.7 Å². The van der Waals surface area contributed by atoms with E-state index >= 15 is 0 Å². The molecular weight excluding hydrogens is 193 g/mol. The Hall–Kier alpha value is -1.19. The van der Waals surface area contributed by atoms with E-state index in [0.29, 0.717) is 24.7 Å². The van der Waals surface area contributed by atoms with Gasteiger partial charge in [0.2, 0.25) is 5.95 Å². The zero-order valence-corrected chi connectivity index (χ0v) is 8.69.